The smallest absolute Gasteiger partial charge is 0.164 e. The average Bonchev–Trinajstić information content (AvgIpc) is 2.89. The molecule has 2 aliphatic heterocycles. The van der Waals surface area contributed by atoms with E-state index in [0.29, 0.717) is 21.7 Å². The van der Waals surface area contributed by atoms with Crippen molar-refractivity contribution in [3.8, 4) is 0 Å². The summed E-state index contributed by atoms with van der Waals surface area (Å²) in [5.41, 5.74) is 5.20. The molecule has 3 nitrogen and oxygen atoms in total. The van der Waals surface area contributed by atoms with Gasteiger partial charge in [0.1, 0.15) is 0 Å². The summed E-state index contributed by atoms with van der Waals surface area (Å²) in [6.45, 7) is 2.43. The molecule has 2 aliphatic rings. The lowest BCUT2D eigenvalue weighted by molar-refractivity contribution is -0.117. The Bertz CT molecular complexity index is 1220. The van der Waals surface area contributed by atoms with Gasteiger partial charge in [-0.25, -0.2) is 5.01 Å². The van der Waals surface area contributed by atoms with E-state index in [0.717, 1.165) is 53.9 Å². The van der Waals surface area contributed by atoms with Crippen molar-refractivity contribution in [2.24, 2.45) is 0 Å². The standard InChI is InChI=1S/C29H27Cl3N2O/c30-23-11-9-22(10-12-23)25-15-16-28(35-20-21-7-3-1-4-8-21)34(33-17-5-2-6-18-33)29(25)26-14-13-24(31)19-27(26)32/h1,3-4,7-16,19,28H,2,5-6,17-18,20H2. The first-order chi connectivity index (χ1) is 17.1. The van der Waals surface area contributed by atoms with Crippen LogP contribution in [0.2, 0.25) is 15.1 Å². The van der Waals surface area contributed by atoms with Gasteiger partial charge >= 0.3 is 0 Å². The van der Waals surface area contributed by atoms with Gasteiger partial charge in [-0.3, -0.25) is 5.01 Å². The summed E-state index contributed by atoms with van der Waals surface area (Å²) in [5, 5.41) is 6.62. The van der Waals surface area contributed by atoms with Gasteiger partial charge in [0.05, 0.1) is 17.3 Å². The molecule has 0 radical (unpaired) electrons. The number of ether oxygens (including phenoxy) is 1. The number of hydrogen-bond acceptors (Lipinski definition) is 3. The topological polar surface area (TPSA) is 15.7 Å². The van der Waals surface area contributed by atoms with E-state index in [1.807, 2.05) is 54.6 Å². The van der Waals surface area contributed by atoms with Crippen LogP contribution in [0.5, 0.6) is 0 Å². The lowest BCUT2D eigenvalue weighted by Crippen LogP contribution is -2.51. The van der Waals surface area contributed by atoms with Gasteiger partial charge in [0.15, 0.2) is 6.23 Å². The predicted octanol–water partition coefficient (Wildman–Crippen LogP) is 8.33. The van der Waals surface area contributed by atoms with Crippen molar-refractivity contribution >= 4 is 46.1 Å². The molecule has 0 spiro atoms. The summed E-state index contributed by atoms with van der Waals surface area (Å²) in [5.74, 6) is 0. The van der Waals surface area contributed by atoms with Crippen LogP contribution in [-0.4, -0.2) is 29.3 Å². The van der Waals surface area contributed by atoms with E-state index in [1.165, 1.54) is 6.42 Å². The zero-order valence-electron chi connectivity index (χ0n) is 19.3. The molecule has 2 heterocycles. The third kappa shape index (κ3) is 5.61. The Hall–Kier alpha value is -2.27. The number of hydrazine groups is 1. The first-order valence-corrected chi connectivity index (χ1v) is 13.1. The van der Waals surface area contributed by atoms with Crippen molar-refractivity contribution in [2.45, 2.75) is 32.1 Å². The van der Waals surface area contributed by atoms with Gasteiger partial charge in [-0.2, -0.15) is 0 Å². The Morgan fingerprint density at radius 3 is 2.23 bits per heavy atom. The van der Waals surface area contributed by atoms with E-state index in [2.05, 4.69) is 34.3 Å². The van der Waals surface area contributed by atoms with Gasteiger partial charge in [-0.05, 0) is 60.4 Å². The maximum absolute atomic E-state index is 6.82. The lowest BCUT2D eigenvalue weighted by atomic mass is 9.95. The van der Waals surface area contributed by atoms with E-state index in [-0.39, 0.29) is 6.23 Å². The second-order valence-corrected chi connectivity index (χ2v) is 10.1. The number of halogens is 3. The van der Waals surface area contributed by atoms with Crippen molar-refractivity contribution in [2.75, 3.05) is 13.1 Å². The van der Waals surface area contributed by atoms with Crippen LogP contribution < -0.4 is 0 Å². The number of nitrogens with zero attached hydrogens (tertiary/aromatic N) is 2. The number of hydrogen-bond donors (Lipinski definition) is 0. The number of benzene rings is 3. The third-order valence-electron chi connectivity index (χ3n) is 6.40. The van der Waals surface area contributed by atoms with E-state index in [9.17, 15) is 0 Å². The summed E-state index contributed by atoms with van der Waals surface area (Å²) in [6.07, 6.45) is 7.52. The molecular weight excluding hydrogens is 499 g/mol. The van der Waals surface area contributed by atoms with Crippen LogP contribution in [0, 0.1) is 0 Å². The van der Waals surface area contributed by atoms with E-state index in [4.69, 9.17) is 39.5 Å². The maximum Gasteiger partial charge on any atom is 0.164 e. The second-order valence-electron chi connectivity index (χ2n) is 8.80. The van der Waals surface area contributed by atoms with Crippen LogP contribution in [0.15, 0.2) is 84.9 Å². The van der Waals surface area contributed by atoms with Crippen molar-refractivity contribution in [1.82, 2.24) is 10.0 Å². The van der Waals surface area contributed by atoms with Gasteiger partial charge in [0.25, 0.3) is 0 Å². The largest absolute Gasteiger partial charge is 0.349 e. The van der Waals surface area contributed by atoms with Crippen LogP contribution in [-0.2, 0) is 11.3 Å². The SMILES string of the molecule is Clc1ccc(C2=C(c3ccc(Cl)cc3Cl)N(N3CCCCC3)C(OCc3ccccc3)C=C2)cc1. The van der Waals surface area contributed by atoms with Crippen molar-refractivity contribution in [1.29, 1.82) is 0 Å². The Labute approximate surface area is 222 Å². The minimum Gasteiger partial charge on any atom is -0.349 e. The molecule has 0 aliphatic carbocycles. The van der Waals surface area contributed by atoms with E-state index < -0.39 is 0 Å². The molecule has 3 aromatic rings. The first-order valence-electron chi connectivity index (χ1n) is 11.9. The zero-order chi connectivity index (χ0) is 24.2. The molecule has 3 aromatic carbocycles. The summed E-state index contributed by atoms with van der Waals surface area (Å²) < 4.78 is 6.53. The average molecular weight is 526 g/mol. The van der Waals surface area contributed by atoms with Crippen molar-refractivity contribution < 1.29 is 4.74 Å². The fraction of sp³-hybridized carbons (Fsp3) is 0.241. The summed E-state index contributed by atoms with van der Waals surface area (Å²) in [4.78, 5) is 0. The van der Waals surface area contributed by atoms with Gasteiger partial charge in [-0.1, -0.05) is 89.8 Å². The quantitative estimate of drug-likeness (QED) is 0.322. The Morgan fingerprint density at radius 2 is 1.51 bits per heavy atom. The molecule has 1 atom stereocenters. The molecule has 180 valence electrons. The molecule has 5 rings (SSSR count). The van der Waals surface area contributed by atoms with Crippen LogP contribution in [0.3, 0.4) is 0 Å². The fourth-order valence-electron chi connectivity index (χ4n) is 4.68. The van der Waals surface area contributed by atoms with Crippen LogP contribution >= 0.6 is 34.8 Å². The predicted molar refractivity (Wildman–Crippen MR) is 146 cm³/mol. The fourth-order valence-corrected chi connectivity index (χ4v) is 5.30. The summed E-state index contributed by atoms with van der Waals surface area (Å²) in [7, 11) is 0. The third-order valence-corrected chi connectivity index (χ3v) is 7.19. The van der Waals surface area contributed by atoms with Crippen molar-refractivity contribution in [3.05, 3.63) is 117 Å². The highest BCUT2D eigenvalue weighted by molar-refractivity contribution is 6.36. The Kier molecular flexibility index (Phi) is 7.81. The molecule has 0 amide bonds. The normalized spacial score (nSPS) is 18.8. The van der Waals surface area contributed by atoms with Crippen LogP contribution in [0.4, 0.5) is 0 Å². The highest BCUT2D eigenvalue weighted by Crippen LogP contribution is 2.41. The highest BCUT2D eigenvalue weighted by Gasteiger charge is 2.33. The van der Waals surface area contributed by atoms with Crippen molar-refractivity contribution in [3.63, 3.8) is 0 Å². The molecular formula is C29H27Cl3N2O. The Balaban J connectivity index is 1.62. The lowest BCUT2D eigenvalue weighted by Gasteiger charge is -2.46. The molecule has 1 unspecified atom stereocenters. The Morgan fingerprint density at radius 1 is 0.800 bits per heavy atom. The molecule has 0 aromatic heterocycles. The van der Waals surface area contributed by atoms with Gasteiger partial charge in [0.2, 0.25) is 0 Å². The van der Waals surface area contributed by atoms with Crippen LogP contribution in [0.25, 0.3) is 11.3 Å². The van der Waals surface area contributed by atoms with E-state index >= 15 is 0 Å². The van der Waals surface area contributed by atoms with Crippen LogP contribution in [0.1, 0.15) is 36.0 Å². The molecule has 6 heteroatoms. The minimum absolute atomic E-state index is 0.272. The molecule has 0 N–H and O–H groups in total. The maximum atomic E-state index is 6.82. The molecule has 35 heavy (non-hydrogen) atoms. The molecule has 1 fully saturated rings. The number of piperidine rings is 1. The highest BCUT2D eigenvalue weighted by atomic mass is 35.5. The molecule has 0 saturated carbocycles. The monoisotopic (exact) mass is 524 g/mol. The first kappa shape index (κ1) is 24.4. The molecule has 0 bridgehead atoms. The summed E-state index contributed by atoms with van der Waals surface area (Å²) in [6, 6.07) is 23.9. The van der Waals surface area contributed by atoms with Gasteiger partial charge < -0.3 is 4.74 Å². The van der Waals surface area contributed by atoms with Gasteiger partial charge in [-0.15, -0.1) is 0 Å². The second kappa shape index (κ2) is 11.2. The number of rotatable bonds is 6. The number of allylic oxidation sites excluding steroid dienone is 2. The minimum atomic E-state index is -0.272. The summed E-state index contributed by atoms with van der Waals surface area (Å²) >= 11 is 19.3. The van der Waals surface area contributed by atoms with E-state index in [1.54, 1.807) is 6.07 Å². The molecule has 1 saturated heterocycles. The zero-order valence-corrected chi connectivity index (χ0v) is 21.6. The van der Waals surface area contributed by atoms with Gasteiger partial charge in [0, 0.05) is 34.3 Å².